The van der Waals surface area contributed by atoms with Crippen LogP contribution in [0.25, 0.3) is 22.4 Å². The van der Waals surface area contributed by atoms with Crippen molar-refractivity contribution in [2.75, 3.05) is 12.4 Å². The molecule has 4 rings (SSSR count). The average Bonchev–Trinajstić information content (AvgIpc) is 2.93. The predicted octanol–water partition coefficient (Wildman–Crippen LogP) is 4.93. The van der Waals surface area contributed by atoms with E-state index in [9.17, 15) is 14.9 Å². The zero-order valence-electron chi connectivity index (χ0n) is 21.0. The molecule has 37 heavy (non-hydrogen) atoms. The molecule has 3 aromatic heterocycles. The molecule has 3 heterocycles. The lowest BCUT2D eigenvalue weighted by atomic mass is 9.90. The fourth-order valence-electron chi connectivity index (χ4n) is 3.78. The molecule has 8 heteroatoms. The molecule has 0 atom stereocenters. The number of rotatable bonds is 6. The Bertz CT molecular complexity index is 1540. The molecule has 1 aromatic carbocycles. The Hall–Kier alpha value is -4.90. The van der Waals surface area contributed by atoms with Crippen LogP contribution < -0.4 is 10.6 Å². The average molecular weight is 491 g/mol. The standard InChI is InChI=1S/C29H26N6O2/c1-18-5-6-21(27(36)35-22-9-12-34-26(16-22)29(2,3)17-30)13-23(18)19-7-10-32-24(14-19)20-8-11-33-25(15-20)28(37)31-4/h5-16H,1-4H3,(H,31,37)(H,34,35,36). The fourth-order valence-corrected chi connectivity index (χ4v) is 3.78. The van der Waals surface area contributed by atoms with Gasteiger partial charge in [-0.2, -0.15) is 5.26 Å². The lowest BCUT2D eigenvalue weighted by Crippen LogP contribution is -2.19. The molecule has 184 valence electrons. The molecule has 4 aromatic rings. The number of hydrogen-bond acceptors (Lipinski definition) is 6. The van der Waals surface area contributed by atoms with Gasteiger partial charge in [0.05, 0.1) is 22.9 Å². The maximum absolute atomic E-state index is 13.1. The van der Waals surface area contributed by atoms with Gasteiger partial charge in [-0.1, -0.05) is 6.07 Å². The normalized spacial score (nSPS) is 10.9. The van der Waals surface area contributed by atoms with E-state index in [1.54, 1.807) is 69.8 Å². The van der Waals surface area contributed by atoms with E-state index >= 15 is 0 Å². The van der Waals surface area contributed by atoms with Crippen LogP contribution in [0.1, 0.15) is 46.0 Å². The summed E-state index contributed by atoms with van der Waals surface area (Å²) in [5.41, 5.74) is 5.38. The maximum Gasteiger partial charge on any atom is 0.269 e. The maximum atomic E-state index is 13.1. The molecule has 0 spiro atoms. The van der Waals surface area contributed by atoms with E-state index in [4.69, 9.17) is 0 Å². The van der Waals surface area contributed by atoms with Gasteiger partial charge in [0.1, 0.15) is 5.69 Å². The summed E-state index contributed by atoms with van der Waals surface area (Å²) in [5.74, 6) is -0.545. The first-order chi connectivity index (χ1) is 17.7. The number of nitriles is 1. The second-order valence-electron chi connectivity index (χ2n) is 9.09. The Kier molecular flexibility index (Phi) is 7.07. The van der Waals surface area contributed by atoms with Gasteiger partial charge in [-0.25, -0.2) is 0 Å². The van der Waals surface area contributed by atoms with Crippen molar-refractivity contribution in [3.05, 3.63) is 95.7 Å². The van der Waals surface area contributed by atoms with E-state index in [0.29, 0.717) is 28.3 Å². The van der Waals surface area contributed by atoms with Gasteiger partial charge in [0.25, 0.3) is 11.8 Å². The Labute approximate surface area is 215 Å². The monoisotopic (exact) mass is 490 g/mol. The van der Waals surface area contributed by atoms with Crippen LogP contribution in [0.5, 0.6) is 0 Å². The zero-order chi connectivity index (χ0) is 26.6. The molecule has 0 fully saturated rings. The molecule has 0 saturated heterocycles. The zero-order valence-corrected chi connectivity index (χ0v) is 21.0. The van der Waals surface area contributed by atoms with Crippen molar-refractivity contribution in [2.24, 2.45) is 0 Å². The summed E-state index contributed by atoms with van der Waals surface area (Å²) in [6, 6.07) is 18.4. The Balaban J connectivity index is 1.63. The molecule has 0 bridgehead atoms. The number of carbonyl (C=O) groups is 2. The van der Waals surface area contributed by atoms with Crippen LogP contribution in [0.2, 0.25) is 0 Å². The molecule has 0 aliphatic rings. The SMILES string of the molecule is CNC(=O)c1cc(-c2cc(-c3cc(C(=O)Nc4ccnc(C(C)(C)C#N)c4)ccc3C)ccn2)ccn1. The molecule has 0 aliphatic heterocycles. The van der Waals surface area contributed by atoms with E-state index in [1.165, 1.54) is 0 Å². The lowest BCUT2D eigenvalue weighted by Gasteiger charge is -2.16. The minimum Gasteiger partial charge on any atom is -0.354 e. The van der Waals surface area contributed by atoms with E-state index in [2.05, 4.69) is 31.7 Å². The summed E-state index contributed by atoms with van der Waals surface area (Å²) in [6.45, 7) is 5.54. The highest BCUT2D eigenvalue weighted by molar-refractivity contribution is 6.05. The van der Waals surface area contributed by atoms with Gasteiger partial charge in [-0.3, -0.25) is 24.5 Å². The van der Waals surface area contributed by atoms with Crippen LogP contribution in [0, 0.1) is 18.3 Å². The summed E-state index contributed by atoms with van der Waals surface area (Å²) in [4.78, 5) is 38.0. The van der Waals surface area contributed by atoms with Crippen LogP contribution in [0.15, 0.2) is 73.2 Å². The van der Waals surface area contributed by atoms with Crippen molar-refractivity contribution in [3.8, 4) is 28.5 Å². The van der Waals surface area contributed by atoms with Crippen LogP contribution >= 0.6 is 0 Å². The summed E-state index contributed by atoms with van der Waals surface area (Å²) in [5, 5.41) is 14.9. The van der Waals surface area contributed by atoms with Crippen molar-refractivity contribution in [1.82, 2.24) is 20.3 Å². The van der Waals surface area contributed by atoms with Crippen molar-refractivity contribution in [3.63, 3.8) is 0 Å². The van der Waals surface area contributed by atoms with Gasteiger partial charge >= 0.3 is 0 Å². The van der Waals surface area contributed by atoms with Crippen molar-refractivity contribution < 1.29 is 9.59 Å². The molecular formula is C29H26N6O2. The number of carbonyl (C=O) groups excluding carboxylic acids is 2. The molecule has 8 nitrogen and oxygen atoms in total. The largest absolute Gasteiger partial charge is 0.354 e. The minimum absolute atomic E-state index is 0.271. The Morgan fingerprint density at radius 2 is 1.59 bits per heavy atom. The highest BCUT2D eigenvalue weighted by Crippen LogP contribution is 2.29. The van der Waals surface area contributed by atoms with Gasteiger partial charge < -0.3 is 10.6 Å². The number of pyridine rings is 3. The summed E-state index contributed by atoms with van der Waals surface area (Å²) in [7, 11) is 1.56. The van der Waals surface area contributed by atoms with E-state index in [-0.39, 0.29) is 11.8 Å². The van der Waals surface area contributed by atoms with Crippen LogP contribution in [0.3, 0.4) is 0 Å². The Morgan fingerprint density at radius 3 is 2.35 bits per heavy atom. The fraction of sp³-hybridized carbons (Fsp3) is 0.172. The Morgan fingerprint density at radius 1 is 0.865 bits per heavy atom. The number of aryl methyl sites for hydroxylation is 1. The number of benzene rings is 1. The lowest BCUT2D eigenvalue weighted by molar-refractivity contribution is 0.0957. The van der Waals surface area contributed by atoms with Crippen molar-refractivity contribution >= 4 is 17.5 Å². The van der Waals surface area contributed by atoms with Gasteiger partial charge in [0.2, 0.25) is 0 Å². The van der Waals surface area contributed by atoms with E-state index in [1.807, 2.05) is 31.2 Å². The molecule has 2 amide bonds. The first-order valence-electron chi connectivity index (χ1n) is 11.7. The summed E-state index contributed by atoms with van der Waals surface area (Å²) >= 11 is 0. The first kappa shape index (κ1) is 25.2. The second-order valence-corrected chi connectivity index (χ2v) is 9.09. The minimum atomic E-state index is -0.771. The van der Waals surface area contributed by atoms with Crippen molar-refractivity contribution in [1.29, 1.82) is 5.26 Å². The van der Waals surface area contributed by atoms with Crippen LogP contribution in [-0.4, -0.2) is 33.8 Å². The quantitative estimate of drug-likeness (QED) is 0.395. The number of nitrogens with zero attached hydrogens (tertiary/aromatic N) is 4. The molecule has 0 radical (unpaired) electrons. The van der Waals surface area contributed by atoms with Gasteiger partial charge in [0, 0.05) is 42.5 Å². The number of hydrogen-bond donors (Lipinski definition) is 2. The molecule has 0 aliphatic carbocycles. The molecule has 0 unspecified atom stereocenters. The third-order valence-corrected chi connectivity index (χ3v) is 6.02. The first-order valence-corrected chi connectivity index (χ1v) is 11.7. The molecule has 2 N–H and O–H groups in total. The van der Waals surface area contributed by atoms with Gasteiger partial charge in [-0.05, 0) is 86.0 Å². The molecule has 0 saturated carbocycles. The number of amides is 2. The second kappa shape index (κ2) is 10.4. The number of anilines is 1. The molecular weight excluding hydrogens is 464 g/mol. The van der Waals surface area contributed by atoms with Crippen LogP contribution in [0.4, 0.5) is 5.69 Å². The van der Waals surface area contributed by atoms with Crippen LogP contribution in [-0.2, 0) is 5.41 Å². The summed E-state index contributed by atoms with van der Waals surface area (Å²) in [6.07, 6.45) is 4.86. The third-order valence-electron chi connectivity index (χ3n) is 6.02. The van der Waals surface area contributed by atoms with Crippen molar-refractivity contribution in [2.45, 2.75) is 26.2 Å². The number of aromatic nitrogens is 3. The summed E-state index contributed by atoms with van der Waals surface area (Å²) < 4.78 is 0. The topological polar surface area (TPSA) is 121 Å². The third kappa shape index (κ3) is 5.52. The van der Waals surface area contributed by atoms with E-state index in [0.717, 1.165) is 22.3 Å². The smallest absolute Gasteiger partial charge is 0.269 e. The predicted molar refractivity (Wildman–Crippen MR) is 142 cm³/mol. The van der Waals surface area contributed by atoms with Gasteiger partial charge in [-0.15, -0.1) is 0 Å². The van der Waals surface area contributed by atoms with Gasteiger partial charge in [0.15, 0.2) is 0 Å². The highest BCUT2D eigenvalue weighted by Gasteiger charge is 2.22. The van der Waals surface area contributed by atoms with E-state index < -0.39 is 5.41 Å². The highest BCUT2D eigenvalue weighted by atomic mass is 16.2. The number of nitrogens with one attached hydrogen (secondary N) is 2.